The lowest BCUT2D eigenvalue weighted by Crippen LogP contribution is -2.46. The van der Waals surface area contributed by atoms with Crippen molar-refractivity contribution in [2.45, 2.75) is 116 Å². The number of ether oxygens (including phenoxy) is 4. The van der Waals surface area contributed by atoms with E-state index in [1.54, 1.807) is 41.8 Å². The molecule has 3 amide bonds. The fourth-order valence-corrected chi connectivity index (χ4v) is 8.73. The van der Waals surface area contributed by atoms with Crippen LogP contribution in [0.5, 0.6) is 5.75 Å². The third kappa shape index (κ3) is 15.3. The van der Waals surface area contributed by atoms with Crippen LogP contribution in [-0.2, 0) is 74.5 Å². The first-order valence-corrected chi connectivity index (χ1v) is 28.0. The molecule has 2 aromatic heterocycles. The smallest absolute Gasteiger partial charge is 0.405 e. The highest BCUT2D eigenvalue weighted by Crippen LogP contribution is 2.43. The highest BCUT2D eigenvalue weighted by atomic mass is 35.5. The van der Waals surface area contributed by atoms with Crippen molar-refractivity contribution in [1.29, 1.82) is 0 Å². The molecule has 22 nitrogen and oxygen atoms in total. The Balaban J connectivity index is 0.000000281. The van der Waals surface area contributed by atoms with E-state index >= 15 is 0 Å². The lowest BCUT2D eigenvalue weighted by Gasteiger charge is -2.34. The number of esters is 1. The molecule has 0 saturated heterocycles. The first-order valence-electron chi connectivity index (χ1n) is 24.8. The summed E-state index contributed by atoms with van der Waals surface area (Å²) in [6, 6.07) is 13.3. The highest BCUT2D eigenvalue weighted by Gasteiger charge is 2.50. The van der Waals surface area contributed by atoms with Crippen molar-refractivity contribution in [1.82, 2.24) is 25.5 Å². The second kappa shape index (κ2) is 27.4. The number of nitrogens with zero attached hydrogens (tertiary/aromatic N) is 5. The molecule has 5 N–H and O–H groups in total. The molecule has 0 saturated carbocycles. The summed E-state index contributed by atoms with van der Waals surface area (Å²) in [4.78, 5) is 88.6. The van der Waals surface area contributed by atoms with Crippen molar-refractivity contribution in [3.8, 4) is 17.1 Å². The number of fused-ring (bicyclic) bond motifs is 5. The Bertz CT molecular complexity index is 2800. The van der Waals surface area contributed by atoms with Gasteiger partial charge in [0.2, 0.25) is 23.3 Å². The number of aryl methyl sites for hydroxylation is 1. The second-order valence-electron chi connectivity index (χ2n) is 19.3. The molecule has 406 valence electrons. The molecule has 2 aliphatic rings. The predicted molar refractivity (Wildman–Crippen MR) is 282 cm³/mol. The minimum absolute atomic E-state index is 0.00782. The van der Waals surface area contributed by atoms with Gasteiger partial charge in [-0.25, -0.2) is 19.1 Å². The number of nitrogens with one attached hydrogen (secondary N) is 4. The Labute approximate surface area is 441 Å². The van der Waals surface area contributed by atoms with Crippen LogP contribution in [0.2, 0.25) is 18.1 Å². The van der Waals surface area contributed by atoms with E-state index < -0.39 is 43.2 Å². The molecular formula is C51H68ClN9O13Si. The summed E-state index contributed by atoms with van der Waals surface area (Å²) in [5.41, 5.74) is 10.6. The fourth-order valence-electron chi connectivity index (χ4n) is 8.05. The molecule has 2 unspecified atom stereocenters. The Morgan fingerprint density at radius 2 is 1.73 bits per heavy atom. The molecular weight excluding hydrogens is 1010 g/mol. The number of hydrogen-bond acceptors (Lipinski definition) is 16. The van der Waals surface area contributed by atoms with Crippen LogP contribution in [0.3, 0.4) is 0 Å². The van der Waals surface area contributed by atoms with Gasteiger partial charge in [0, 0.05) is 51.8 Å². The van der Waals surface area contributed by atoms with Gasteiger partial charge in [-0.05, 0) is 117 Å². The average Bonchev–Trinajstić information content (AvgIpc) is 3.74. The summed E-state index contributed by atoms with van der Waals surface area (Å²) in [5, 5.41) is 24.4. The molecule has 0 fully saturated rings. The number of carbonyl (C=O) groups is 5. The number of carbonyl (C=O) groups excluding carboxylic acids is 5. The summed E-state index contributed by atoms with van der Waals surface area (Å²) < 4.78 is 28.5. The topological polar surface area (TPSA) is 293 Å². The summed E-state index contributed by atoms with van der Waals surface area (Å²) in [5.74, 6) is -1.46. The number of unbranched alkanes of at least 4 members (excludes halogenated alkanes) is 1. The lowest BCUT2D eigenvalue weighted by atomic mass is 9.85. The Morgan fingerprint density at radius 3 is 2.39 bits per heavy atom. The van der Waals surface area contributed by atoms with Crippen LogP contribution in [0.1, 0.15) is 88.1 Å². The predicted octanol–water partition coefficient (Wildman–Crippen LogP) is 6.79. The van der Waals surface area contributed by atoms with Crippen LogP contribution in [0, 0.1) is 0 Å². The van der Waals surface area contributed by atoms with Crippen LogP contribution in [0.15, 0.2) is 58.4 Å². The van der Waals surface area contributed by atoms with Crippen LogP contribution in [0.4, 0.5) is 10.5 Å². The zero-order chi connectivity index (χ0) is 54.9. The largest absolute Gasteiger partial charge is 0.457 e. The third-order valence-electron chi connectivity index (χ3n) is 13.2. The van der Waals surface area contributed by atoms with E-state index in [4.69, 9.17) is 55.6 Å². The highest BCUT2D eigenvalue weighted by molar-refractivity contribution is 6.73. The lowest BCUT2D eigenvalue weighted by molar-refractivity contribution is -0.171. The summed E-state index contributed by atoms with van der Waals surface area (Å²) in [7, 11) is -0.294. The monoisotopic (exact) mass is 1080 g/mol. The van der Waals surface area contributed by atoms with E-state index in [0.29, 0.717) is 42.2 Å². The van der Waals surface area contributed by atoms with Gasteiger partial charge in [-0.2, -0.15) is 0 Å². The van der Waals surface area contributed by atoms with Crippen molar-refractivity contribution < 1.29 is 57.5 Å². The molecule has 4 heterocycles. The molecule has 75 heavy (non-hydrogen) atoms. The number of pyridine rings is 2. The van der Waals surface area contributed by atoms with Gasteiger partial charge < -0.3 is 54.8 Å². The average molecular weight is 1080 g/mol. The van der Waals surface area contributed by atoms with Crippen LogP contribution in [0.25, 0.3) is 32.7 Å². The van der Waals surface area contributed by atoms with Gasteiger partial charge in [0.05, 0.1) is 48.8 Å². The van der Waals surface area contributed by atoms with Crippen molar-refractivity contribution >= 4 is 65.6 Å². The zero-order valence-electron chi connectivity index (χ0n) is 43.8. The molecule has 24 heteroatoms. The molecule has 6 rings (SSSR count). The summed E-state index contributed by atoms with van der Waals surface area (Å²) in [6.07, 6.45) is 2.75. The maximum Gasteiger partial charge on any atom is 0.405 e. The standard InChI is InChI=1S/C29H33ClN2O7Si.C22H35N7O6/c1-8-17-18-12-16(38-39-40(6,7)28(3,4)5)10-11-22(18)31-24-19(17)14-32-23(24)13-21-20(25(32)33)15-36-26(34)29(21,9-2)37-27(30)35;1-24-9-3-2-4-19(22(33)27-18-7-5-17(14-30)6-8-18)28-21(32)16-35-15-20(31)25-10-12-34-13-11-26-29-23/h10-13H,8-9,14-15H2,1-7H3;5-8,19,24,30H,2-4,9-16H2,1H3,(H,25,31)(H,27,33)(H,28,32). The van der Waals surface area contributed by atoms with Gasteiger partial charge in [-0.3, -0.25) is 19.2 Å². The van der Waals surface area contributed by atoms with Gasteiger partial charge in [0.1, 0.15) is 25.9 Å². The van der Waals surface area contributed by atoms with E-state index in [1.807, 2.05) is 25.2 Å². The van der Waals surface area contributed by atoms with Gasteiger partial charge in [0.15, 0.2) is 5.75 Å². The quantitative estimate of drug-likeness (QED) is 0.00463. The molecule has 0 bridgehead atoms. The number of aromatic nitrogens is 2. The van der Waals surface area contributed by atoms with Gasteiger partial charge >= 0.3 is 11.4 Å². The fraction of sp³-hybridized carbons (Fsp3) is 0.510. The van der Waals surface area contributed by atoms with Gasteiger partial charge in [0.25, 0.3) is 13.9 Å². The van der Waals surface area contributed by atoms with E-state index in [1.165, 1.54) is 0 Å². The maximum atomic E-state index is 13.7. The Hall–Kier alpha value is -6.43. The Morgan fingerprint density at radius 1 is 1.00 bits per heavy atom. The molecule has 4 aromatic rings. The summed E-state index contributed by atoms with van der Waals surface area (Å²) in [6.45, 7) is 15.5. The van der Waals surface area contributed by atoms with E-state index in [2.05, 4.69) is 72.1 Å². The first kappa shape index (κ1) is 59.4. The molecule has 0 radical (unpaired) electrons. The number of benzene rings is 2. The molecule has 2 atom stereocenters. The second-order valence-corrected chi connectivity index (χ2v) is 24.3. The number of aliphatic hydroxyl groups excluding tert-OH is 1. The number of azide groups is 1. The van der Waals surface area contributed by atoms with Gasteiger partial charge in [-0.15, -0.1) is 0 Å². The number of aliphatic hydroxyl groups is 1. The van der Waals surface area contributed by atoms with Crippen LogP contribution in [-0.4, -0.2) is 111 Å². The third-order valence-corrected chi connectivity index (χ3v) is 17.4. The SMILES string of the molecule is CCc1c2c(nc3ccc(OO[Si](C)(C)C(C)(C)C)cc13)-c1cc3c(c(=O)n1C2)COC(=O)C3(CC)OC(=O)Cl.CNCCCCC(NC(=O)COCC(=O)NCCOCCN=[N+]=[N-])C(=O)Nc1ccc(CO)cc1. The van der Waals surface area contributed by atoms with E-state index in [-0.39, 0.29) is 86.8 Å². The van der Waals surface area contributed by atoms with Crippen molar-refractivity contribution in [2.24, 2.45) is 5.11 Å². The normalized spacial score (nSPS) is 14.9. The molecule has 2 aliphatic heterocycles. The van der Waals surface area contributed by atoms with Crippen molar-refractivity contribution in [3.05, 3.63) is 97.1 Å². The number of anilines is 1. The maximum absolute atomic E-state index is 13.7. The Kier molecular flexibility index (Phi) is 21.7. The number of rotatable bonds is 25. The molecule has 0 spiro atoms. The zero-order valence-corrected chi connectivity index (χ0v) is 45.5. The molecule has 0 aliphatic carbocycles. The number of halogens is 1. The summed E-state index contributed by atoms with van der Waals surface area (Å²) >= 11 is 5.55. The van der Waals surface area contributed by atoms with E-state index in [0.717, 1.165) is 47.0 Å². The minimum atomic E-state index is -2.14. The number of hydrogen-bond donors (Lipinski definition) is 5. The number of amides is 3. The van der Waals surface area contributed by atoms with Crippen molar-refractivity contribution in [2.75, 3.05) is 58.4 Å². The number of cyclic esters (lactones) is 1. The van der Waals surface area contributed by atoms with Crippen LogP contribution < -0.4 is 31.7 Å². The molecule has 2 aromatic carbocycles. The first-order chi connectivity index (χ1) is 35.7. The minimum Gasteiger partial charge on any atom is -0.457 e. The van der Waals surface area contributed by atoms with Crippen molar-refractivity contribution in [3.63, 3.8) is 0 Å². The van der Waals surface area contributed by atoms with E-state index in [9.17, 15) is 28.8 Å². The van der Waals surface area contributed by atoms with Gasteiger partial charge in [-0.1, -0.05) is 51.9 Å². The van der Waals surface area contributed by atoms with Crippen LogP contribution >= 0.6 is 11.6 Å².